The lowest BCUT2D eigenvalue weighted by atomic mass is 10.1. The number of hydrogen-bond acceptors (Lipinski definition) is 10. The number of rotatable bonds is 13. The van der Waals surface area contributed by atoms with Crippen molar-refractivity contribution in [3.63, 3.8) is 0 Å². The Morgan fingerprint density at radius 2 is 1.76 bits per heavy atom. The van der Waals surface area contributed by atoms with E-state index in [1.807, 2.05) is 13.0 Å². The molecule has 4 aromatic rings. The molecule has 0 spiro atoms. The smallest absolute Gasteiger partial charge is 0.423 e. The first-order valence-electron chi connectivity index (χ1n) is 16.2. The summed E-state index contributed by atoms with van der Waals surface area (Å²) in [4.78, 5) is 70.3. The third kappa shape index (κ3) is 8.53. The van der Waals surface area contributed by atoms with Gasteiger partial charge in [-0.1, -0.05) is 43.3 Å². The van der Waals surface area contributed by atoms with E-state index in [1.165, 1.54) is 24.0 Å². The molecule has 0 aliphatic heterocycles. The lowest BCUT2D eigenvalue weighted by Crippen LogP contribution is -2.40. The van der Waals surface area contributed by atoms with Gasteiger partial charge >= 0.3 is 18.2 Å². The molecule has 3 N–H and O–H groups in total. The zero-order chi connectivity index (χ0) is 35.8. The fourth-order valence-corrected chi connectivity index (χ4v) is 4.98. The van der Waals surface area contributed by atoms with Crippen LogP contribution in [-0.2, 0) is 25.6 Å². The second kappa shape index (κ2) is 15.9. The molecule has 262 valence electrons. The molecule has 2 aromatic heterocycles. The van der Waals surface area contributed by atoms with Crippen molar-refractivity contribution in [2.45, 2.75) is 65.6 Å². The maximum absolute atomic E-state index is 13.9. The molecule has 50 heavy (non-hydrogen) atoms. The number of carbonyl (C=O) groups excluding carboxylic acids is 5. The molecular formula is C35H39N7O8. The van der Waals surface area contributed by atoms with E-state index in [4.69, 9.17) is 14.2 Å². The van der Waals surface area contributed by atoms with E-state index in [2.05, 4.69) is 26.0 Å². The zero-order valence-corrected chi connectivity index (χ0v) is 28.2. The largest absolute Gasteiger partial charge is 0.445 e. The van der Waals surface area contributed by atoms with Crippen LogP contribution in [0.4, 0.5) is 21.1 Å². The Morgan fingerprint density at radius 3 is 2.48 bits per heavy atom. The Morgan fingerprint density at radius 1 is 1.00 bits per heavy atom. The third-order valence-corrected chi connectivity index (χ3v) is 7.89. The number of aryl methyl sites for hydroxylation is 2. The molecule has 1 saturated carbocycles. The van der Waals surface area contributed by atoms with E-state index in [0.29, 0.717) is 34.3 Å². The molecule has 0 radical (unpaired) electrons. The van der Waals surface area contributed by atoms with Crippen molar-refractivity contribution in [1.82, 2.24) is 30.5 Å². The summed E-state index contributed by atoms with van der Waals surface area (Å²) in [6, 6.07) is 12.9. The van der Waals surface area contributed by atoms with Crippen molar-refractivity contribution in [3.8, 4) is 0 Å². The van der Waals surface area contributed by atoms with Crippen molar-refractivity contribution < 1.29 is 38.2 Å². The average Bonchev–Trinajstić information content (AvgIpc) is 3.86. The molecule has 0 saturated heterocycles. The first kappa shape index (κ1) is 35.3. The minimum Gasteiger partial charge on any atom is -0.445 e. The zero-order valence-electron chi connectivity index (χ0n) is 28.2. The second-order valence-electron chi connectivity index (χ2n) is 11.8. The number of carbonyl (C=O) groups is 5. The van der Waals surface area contributed by atoms with E-state index in [9.17, 15) is 24.0 Å². The topological polar surface area (TPSA) is 183 Å². The molecule has 0 bridgehead atoms. The van der Waals surface area contributed by atoms with Crippen LogP contribution in [0.2, 0.25) is 0 Å². The third-order valence-electron chi connectivity index (χ3n) is 7.89. The fraction of sp³-hybridized carbons (Fsp3) is 0.343. The summed E-state index contributed by atoms with van der Waals surface area (Å²) in [5, 5.41) is 12.4. The van der Waals surface area contributed by atoms with Crippen molar-refractivity contribution in [1.29, 1.82) is 0 Å². The number of anilines is 2. The van der Waals surface area contributed by atoms with Gasteiger partial charge in [0.15, 0.2) is 5.82 Å². The summed E-state index contributed by atoms with van der Waals surface area (Å²) in [7, 11) is 0. The number of nitrogens with one attached hydrogen (secondary N) is 3. The normalized spacial score (nSPS) is 12.8. The predicted octanol–water partition coefficient (Wildman–Crippen LogP) is 4.47. The van der Waals surface area contributed by atoms with Crippen LogP contribution in [0, 0.1) is 13.8 Å². The quantitative estimate of drug-likeness (QED) is 0.134. The second-order valence-corrected chi connectivity index (χ2v) is 11.8. The van der Waals surface area contributed by atoms with Crippen LogP contribution in [0.3, 0.4) is 0 Å². The minimum absolute atomic E-state index is 0.00705. The van der Waals surface area contributed by atoms with Gasteiger partial charge in [0.1, 0.15) is 24.5 Å². The van der Waals surface area contributed by atoms with Gasteiger partial charge in [-0.2, -0.15) is 5.10 Å². The van der Waals surface area contributed by atoms with E-state index < -0.39 is 31.0 Å². The van der Waals surface area contributed by atoms with Gasteiger partial charge in [-0.25, -0.2) is 28.8 Å². The molecule has 1 atom stereocenters. The molecule has 15 heteroatoms. The Bertz CT molecular complexity index is 1890. The number of amides is 4. The van der Waals surface area contributed by atoms with Crippen molar-refractivity contribution >= 4 is 47.0 Å². The van der Waals surface area contributed by atoms with E-state index in [1.54, 1.807) is 56.3 Å². The van der Waals surface area contributed by atoms with Gasteiger partial charge in [-0.05, 0) is 68.9 Å². The predicted molar refractivity (Wildman–Crippen MR) is 181 cm³/mol. The number of aromatic nitrogens is 3. The highest BCUT2D eigenvalue weighted by atomic mass is 16.7. The lowest BCUT2D eigenvalue weighted by molar-refractivity contribution is -0.153. The molecule has 0 unspecified atom stereocenters. The molecule has 1 aliphatic carbocycles. The molecule has 1 aliphatic rings. The number of ether oxygens (including phenoxy) is 3. The number of alkyl carbamates (subject to hydrolysis) is 1. The Labute approximate surface area is 288 Å². The highest BCUT2D eigenvalue weighted by Gasteiger charge is 2.30. The minimum atomic E-state index is -1.13. The standard InChI is InChI=1S/C35H39N7O8/c1-5-15-36-32(44)27-17-41-29(22(27)3)30(37-19-38-41)42(28-16-25(12-11-21(28)2)31(43)40-26-13-14-26)35(47)50-20-49-33(45)23(4)39-34(46)48-18-24-9-7-6-8-10-24/h6-12,16-17,19,23,26H,5,13-15,18,20H2,1-4H3,(H,36,44)(H,39,46)(H,40,43)/t23-/m0/s1. The molecule has 15 nitrogen and oxygen atoms in total. The van der Waals surface area contributed by atoms with Gasteiger partial charge in [0.2, 0.25) is 6.79 Å². The van der Waals surface area contributed by atoms with Crippen LogP contribution >= 0.6 is 0 Å². The number of fused-ring (bicyclic) bond motifs is 1. The summed E-state index contributed by atoms with van der Waals surface area (Å²) in [5.74, 6) is -1.45. The summed E-state index contributed by atoms with van der Waals surface area (Å²) < 4.78 is 17.2. The number of esters is 1. The van der Waals surface area contributed by atoms with Crippen LogP contribution in [0.1, 0.15) is 70.5 Å². The van der Waals surface area contributed by atoms with Crippen LogP contribution in [-0.4, -0.2) is 70.0 Å². The average molecular weight is 686 g/mol. The van der Waals surface area contributed by atoms with Crippen LogP contribution < -0.4 is 20.9 Å². The Hall–Kier alpha value is -5.99. The summed E-state index contributed by atoms with van der Waals surface area (Å²) in [5.41, 5.74) is 3.10. The van der Waals surface area contributed by atoms with Gasteiger partial charge in [0.05, 0.1) is 11.3 Å². The lowest BCUT2D eigenvalue weighted by Gasteiger charge is -2.24. The van der Waals surface area contributed by atoms with Crippen molar-refractivity contribution in [2.75, 3.05) is 18.2 Å². The highest BCUT2D eigenvalue weighted by Crippen LogP contribution is 2.34. The Kier molecular flexibility index (Phi) is 11.3. The van der Waals surface area contributed by atoms with Crippen molar-refractivity contribution in [3.05, 3.63) is 88.9 Å². The van der Waals surface area contributed by atoms with Crippen LogP contribution in [0.15, 0.2) is 61.1 Å². The monoisotopic (exact) mass is 685 g/mol. The summed E-state index contributed by atoms with van der Waals surface area (Å²) in [6.07, 6.45) is 3.46. The maximum Gasteiger partial charge on any atom is 0.423 e. The molecular weight excluding hydrogens is 646 g/mol. The summed E-state index contributed by atoms with van der Waals surface area (Å²) in [6.45, 7) is 6.45. The summed E-state index contributed by atoms with van der Waals surface area (Å²) >= 11 is 0. The molecule has 2 aromatic carbocycles. The fourth-order valence-electron chi connectivity index (χ4n) is 4.98. The number of benzene rings is 2. The van der Waals surface area contributed by atoms with Gasteiger partial charge in [0.25, 0.3) is 11.8 Å². The van der Waals surface area contributed by atoms with Gasteiger partial charge in [-0.3, -0.25) is 9.59 Å². The SMILES string of the molecule is CCCNC(=O)c1cn2ncnc(N(C(=O)OCOC(=O)[C@H](C)NC(=O)OCc3ccccc3)c3cc(C(=O)NC4CC4)ccc3C)c2c1C. The van der Waals surface area contributed by atoms with Crippen molar-refractivity contribution in [2.24, 2.45) is 0 Å². The number of nitrogens with zero attached hydrogens (tertiary/aromatic N) is 4. The van der Waals surface area contributed by atoms with Gasteiger partial charge < -0.3 is 30.2 Å². The van der Waals surface area contributed by atoms with Crippen LogP contribution in [0.25, 0.3) is 5.52 Å². The van der Waals surface area contributed by atoms with Gasteiger partial charge in [-0.15, -0.1) is 0 Å². The Balaban J connectivity index is 1.37. The molecule has 4 amide bonds. The van der Waals surface area contributed by atoms with Crippen LogP contribution in [0.5, 0.6) is 0 Å². The maximum atomic E-state index is 13.9. The molecule has 1 fully saturated rings. The number of hydrogen-bond donors (Lipinski definition) is 3. The first-order valence-corrected chi connectivity index (χ1v) is 16.2. The van der Waals surface area contributed by atoms with E-state index in [0.717, 1.165) is 29.7 Å². The highest BCUT2D eigenvalue weighted by molar-refractivity contribution is 6.05. The van der Waals surface area contributed by atoms with E-state index in [-0.39, 0.29) is 36.0 Å². The first-order chi connectivity index (χ1) is 24.1. The van der Waals surface area contributed by atoms with Gasteiger partial charge in [0, 0.05) is 24.3 Å². The van der Waals surface area contributed by atoms with E-state index >= 15 is 0 Å². The molecule has 2 heterocycles. The molecule has 5 rings (SSSR count).